The van der Waals surface area contributed by atoms with Crippen LogP contribution in [0.15, 0.2) is 65.6 Å². The number of rotatable bonds is 7. The Labute approximate surface area is 230 Å². The lowest BCUT2D eigenvalue weighted by atomic mass is 10.1. The van der Waals surface area contributed by atoms with Crippen LogP contribution < -0.4 is 20.1 Å². The number of ether oxygens (including phenoxy) is 2. The number of methoxy groups -OCH3 is 1. The highest BCUT2D eigenvalue weighted by molar-refractivity contribution is 7.89. The number of piperidine rings is 1. The van der Waals surface area contributed by atoms with E-state index in [2.05, 4.69) is 10.6 Å². The molecule has 9 nitrogen and oxygen atoms in total. The molecule has 12 heteroatoms. The Morgan fingerprint density at radius 3 is 2.26 bits per heavy atom. The monoisotopic (exact) mass is 574 g/mol. The predicted octanol–water partition coefficient (Wildman–Crippen LogP) is 5.64. The molecule has 2 N–H and O–H groups in total. The van der Waals surface area contributed by atoms with Crippen LogP contribution in [-0.2, 0) is 10.0 Å². The molecule has 38 heavy (non-hydrogen) atoms. The van der Waals surface area contributed by atoms with Gasteiger partial charge < -0.3 is 20.1 Å². The number of nitriles is 1. The van der Waals surface area contributed by atoms with Gasteiger partial charge in [-0.3, -0.25) is 0 Å². The summed E-state index contributed by atoms with van der Waals surface area (Å²) >= 11 is 12.1. The number of urea groups is 1. The van der Waals surface area contributed by atoms with E-state index in [0.717, 1.165) is 0 Å². The van der Waals surface area contributed by atoms with Gasteiger partial charge in [-0.05, 0) is 73.5 Å². The second kappa shape index (κ2) is 11.9. The Morgan fingerprint density at radius 1 is 1.00 bits per heavy atom. The van der Waals surface area contributed by atoms with E-state index in [1.54, 1.807) is 31.4 Å². The summed E-state index contributed by atoms with van der Waals surface area (Å²) in [5.41, 5.74) is 0.779. The molecule has 0 radical (unpaired) electrons. The molecular weight excluding hydrogens is 551 g/mol. The molecule has 2 amide bonds. The number of anilines is 1. The van der Waals surface area contributed by atoms with Crippen LogP contribution >= 0.6 is 23.2 Å². The number of amides is 2. The van der Waals surface area contributed by atoms with Crippen LogP contribution in [0.25, 0.3) is 0 Å². The minimum Gasteiger partial charge on any atom is -0.497 e. The Kier molecular flexibility index (Phi) is 8.64. The standard InChI is InChI=1S/C26H24Cl2N4O5S/c1-36-22-5-3-20(4-6-22)30-26(33)31-21-8-10-32(11-9-21)38(34,35)25-12-17(16-29)2-7-24(25)37-23-14-18(27)13-19(28)15-23/h2-7,12-15,21H,8-11H2,1H3,(H2,30,31,33). The van der Waals surface area contributed by atoms with E-state index in [-0.39, 0.29) is 47.1 Å². The quantitative estimate of drug-likeness (QED) is 0.376. The van der Waals surface area contributed by atoms with E-state index in [1.807, 2.05) is 6.07 Å². The molecule has 0 bridgehead atoms. The van der Waals surface area contributed by atoms with Crippen LogP contribution in [0.4, 0.5) is 10.5 Å². The summed E-state index contributed by atoms with van der Waals surface area (Å²) in [5.74, 6) is 0.977. The molecule has 1 saturated heterocycles. The van der Waals surface area contributed by atoms with E-state index >= 15 is 0 Å². The molecule has 1 aliphatic heterocycles. The maximum absolute atomic E-state index is 13.6. The van der Waals surface area contributed by atoms with Gasteiger partial charge >= 0.3 is 6.03 Å². The number of carbonyl (C=O) groups excluding carboxylic acids is 1. The van der Waals surface area contributed by atoms with Gasteiger partial charge in [-0.2, -0.15) is 9.57 Å². The number of sulfonamides is 1. The second-order valence-electron chi connectivity index (χ2n) is 8.49. The second-order valence-corrected chi connectivity index (χ2v) is 11.3. The van der Waals surface area contributed by atoms with Gasteiger partial charge in [-0.15, -0.1) is 0 Å². The molecule has 3 aromatic rings. The van der Waals surface area contributed by atoms with Crippen molar-refractivity contribution >= 4 is 44.9 Å². The lowest BCUT2D eigenvalue weighted by molar-refractivity contribution is 0.238. The number of hydrogen-bond donors (Lipinski definition) is 2. The molecule has 4 rings (SSSR count). The first kappa shape index (κ1) is 27.5. The smallest absolute Gasteiger partial charge is 0.319 e. The lowest BCUT2D eigenvalue weighted by Gasteiger charge is -2.32. The minimum atomic E-state index is -4.02. The SMILES string of the molecule is COc1ccc(NC(=O)NC2CCN(S(=O)(=O)c3cc(C#N)ccc3Oc3cc(Cl)cc(Cl)c3)CC2)cc1. The van der Waals surface area contributed by atoms with Crippen LogP contribution in [0.2, 0.25) is 10.0 Å². The Hall–Kier alpha value is -3.49. The van der Waals surface area contributed by atoms with Crippen LogP contribution in [-0.4, -0.2) is 45.0 Å². The van der Waals surface area contributed by atoms with Gasteiger partial charge in [0.15, 0.2) is 0 Å². The zero-order chi connectivity index (χ0) is 27.3. The average molecular weight is 575 g/mol. The summed E-state index contributed by atoms with van der Waals surface area (Å²) in [7, 11) is -2.46. The van der Waals surface area contributed by atoms with Gasteiger partial charge in [0.05, 0.1) is 18.7 Å². The minimum absolute atomic E-state index is 0.0430. The lowest BCUT2D eigenvalue weighted by Crippen LogP contribution is -2.47. The van der Waals surface area contributed by atoms with Crippen LogP contribution in [0.3, 0.4) is 0 Å². The van der Waals surface area contributed by atoms with E-state index in [9.17, 15) is 18.5 Å². The topological polar surface area (TPSA) is 121 Å². The van der Waals surface area contributed by atoms with Crippen molar-refractivity contribution in [3.8, 4) is 23.3 Å². The molecule has 1 fully saturated rings. The highest BCUT2D eigenvalue weighted by Crippen LogP contribution is 2.35. The molecule has 0 spiro atoms. The number of benzene rings is 3. The third-order valence-corrected chi connectivity index (χ3v) is 8.25. The van der Waals surface area contributed by atoms with Crippen molar-refractivity contribution in [2.24, 2.45) is 0 Å². The normalized spacial score (nSPS) is 14.4. The van der Waals surface area contributed by atoms with Crippen LogP contribution in [0.1, 0.15) is 18.4 Å². The molecule has 3 aromatic carbocycles. The summed E-state index contributed by atoms with van der Waals surface area (Å²) in [5, 5.41) is 15.7. The largest absolute Gasteiger partial charge is 0.497 e. The molecule has 1 aliphatic rings. The Bertz CT molecular complexity index is 1450. The summed E-state index contributed by atoms with van der Waals surface area (Å²) in [6.45, 7) is 0.351. The van der Waals surface area contributed by atoms with Gasteiger partial charge in [0.2, 0.25) is 10.0 Å². The van der Waals surface area contributed by atoms with E-state index < -0.39 is 10.0 Å². The van der Waals surface area contributed by atoms with Crippen LogP contribution in [0, 0.1) is 11.3 Å². The first-order chi connectivity index (χ1) is 18.2. The molecule has 0 saturated carbocycles. The van der Waals surface area contributed by atoms with E-state index in [1.165, 1.54) is 40.7 Å². The van der Waals surface area contributed by atoms with E-state index in [4.69, 9.17) is 32.7 Å². The fourth-order valence-electron chi connectivity index (χ4n) is 3.98. The van der Waals surface area contributed by atoms with E-state index in [0.29, 0.717) is 34.3 Å². The molecule has 0 unspecified atom stereocenters. The van der Waals surface area contributed by atoms with Crippen molar-refractivity contribution in [1.82, 2.24) is 9.62 Å². The van der Waals surface area contributed by atoms with Gasteiger partial charge in [-0.1, -0.05) is 23.2 Å². The molecular formula is C26H24Cl2N4O5S. The summed E-state index contributed by atoms with van der Waals surface area (Å²) in [6.07, 6.45) is 0.820. The summed E-state index contributed by atoms with van der Waals surface area (Å²) in [4.78, 5) is 12.3. The van der Waals surface area contributed by atoms with Gasteiger partial charge in [0.25, 0.3) is 0 Å². The highest BCUT2D eigenvalue weighted by atomic mass is 35.5. The average Bonchev–Trinajstić information content (AvgIpc) is 2.89. The third-order valence-electron chi connectivity index (χ3n) is 5.89. The number of carbonyl (C=O) groups is 1. The Balaban J connectivity index is 1.44. The number of nitrogens with one attached hydrogen (secondary N) is 2. The predicted molar refractivity (Wildman–Crippen MR) is 145 cm³/mol. The molecule has 0 atom stereocenters. The van der Waals surface area contributed by atoms with Crippen LogP contribution in [0.5, 0.6) is 17.2 Å². The molecule has 0 aliphatic carbocycles. The molecule has 198 valence electrons. The van der Waals surface area contributed by atoms with Crippen molar-refractivity contribution in [2.75, 3.05) is 25.5 Å². The zero-order valence-electron chi connectivity index (χ0n) is 20.3. The summed E-state index contributed by atoms with van der Waals surface area (Å²) < 4.78 is 39.5. The fourth-order valence-corrected chi connectivity index (χ4v) is 6.10. The van der Waals surface area contributed by atoms with Crippen molar-refractivity contribution in [3.05, 3.63) is 76.3 Å². The van der Waals surface area contributed by atoms with Crippen molar-refractivity contribution in [1.29, 1.82) is 5.26 Å². The van der Waals surface area contributed by atoms with Gasteiger partial charge in [0, 0.05) is 34.9 Å². The number of nitrogens with zero attached hydrogens (tertiary/aromatic N) is 2. The molecule has 0 aromatic heterocycles. The van der Waals surface area contributed by atoms with Gasteiger partial charge in [-0.25, -0.2) is 13.2 Å². The third kappa shape index (κ3) is 6.68. The maximum atomic E-state index is 13.6. The fraction of sp³-hybridized carbons (Fsp3) is 0.231. The summed E-state index contributed by atoms with van der Waals surface area (Å²) in [6, 6.07) is 17.0. The van der Waals surface area contributed by atoms with Crippen molar-refractivity contribution in [3.63, 3.8) is 0 Å². The first-order valence-electron chi connectivity index (χ1n) is 11.6. The number of hydrogen-bond acceptors (Lipinski definition) is 6. The zero-order valence-corrected chi connectivity index (χ0v) is 22.6. The first-order valence-corrected chi connectivity index (χ1v) is 13.8. The maximum Gasteiger partial charge on any atom is 0.319 e. The van der Waals surface area contributed by atoms with Crippen molar-refractivity contribution < 1.29 is 22.7 Å². The van der Waals surface area contributed by atoms with Gasteiger partial charge in [0.1, 0.15) is 22.1 Å². The van der Waals surface area contributed by atoms with Crippen molar-refractivity contribution in [2.45, 2.75) is 23.8 Å². The Morgan fingerprint density at radius 2 is 1.66 bits per heavy atom. The highest BCUT2D eigenvalue weighted by Gasteiger charge is 2.32. The molecule has 1 heterocycles. The number of halogens is 2.